The summed E-state index contributed by atoms with van der Waals surface area (Å²) >= 11 is 0. The maximum Gasteiger partial charge on any atom is 0.273 e. The Morgan fingerprint density at radius 1 is 0.900 bits per heavy atom. The zero-order chi connectivity index (χ0) is 34.6. The van der Waals surface area contributed by atoms with Gasteiger partial charge in [0, 0.05) is 77.2 Å². The normalized spacial score (nSPS) is 20.9. The minimum absolute atomic E-state index is 0.0870. The predicted octanol–water partition coefficient (Wildman–Crippen LogP) is 2.80. The van der Waals surface area contributed by atoms with Crippen LogP contribution in [0.2, 0.25) is 0 Å². The average molecular weight is 686 g/mol. The summed E-state index contributed by atoms with van der Waals surface area (Å²) in [6, 6.07) is 8.91. The van der Waals surface area contributed by atoms with Crippen LogP contribution in [0.5, 0.6) is 0 Å². The van der Waals surface area contributed by atoms with Crippen molar-refractivity contribution in [3.8, 4) is 0 Å². The number of anilines is 5. The molecule has 1 aromatic carbocycles. The summed E-state index contributed by atoms with van der Waals surface area (Å²) in [5.74, 6) is 0.156. The number of piperidine rings is 3. The molecule has 6 heterocycles. The third kappa shape index (κ3) is 7.62. The van der Waals surface area contributed by atoms with Gasteiger partial charge in [-0.15, -0.1) is 10.2 Å². The number of pyridine rings is 1. The Labute approximate surface area is 290 Å². The van der Waals surface area contributed by atoms with Crippen molar-refractivity contribution in [2.24, 2.45) is 11.7 Å². The molecule has 4 aliphatic rings. The first-order valence-electron chi connectivity index (χ1n) is 17.7. The summed E-state index contributed by atoms with van der Waals surface area (Å²) in [4.78, 5) is 53.8. The van der Waals surface area contributed by atoms with E-state index < -0.39 is 5.91 Å². The lowest BCUT2D eigenvalue weighted by Crippen LogP contribution is -2.49. The number of nitrogens with zero attached hydrogens (tertiary/aromatic N) is 8. The number of halogens is 1. The van der Waals surface area contributed by atoms with E-state index in [4.69, 9.17) is 5.73 Å². The van der Waals surface area contributed by atoms with Gasteiger partial charge in [0.05, 0.1) is 11.6 Å². The Kier molecular flexibility index (Phi) is 10.0. The summed E-state index contributed by atoms with van der Waals surface area (Å²) in [5, 5.41) is 13.6. The highest BCUT2D eigenvalue weighted by Crippen LogP contribution is 2.31. The van der Waals surface area contributed by atoms with Gasteiger partial charge in [-0.25, -0.2) is 9.37 Å². The van der Waals surface area contributed by atoms with Crippen LogP contribution < -0.4 is 31.1 Å². The lowest BCUT2D eigenvalue weighted by Gasteiger charge is -2.39. The largest absolute Gasteiger partial charge is 0.369 e. The van der Waals surface area contributed by atoms with Crippen LogP contribution in [0.25, 0.3) is 0 Å². The number of carbonyl (C=O) groups excluding carboxylic acids is 3. The van der Waals surface area contributed by atoms with Gasteiger partial charge >= 0.3 is 0 Å². The van der Waals surface area contributed by atoms with E-state index in [-0.39, 0.29) is 35.1 Å². The highest BCUT2D eigenvalue weighted by atomic mass is 19.1. The van der Waals surface area contributed by atoms with Gasteiger partial charge in [0.15, 0.2) is 11.5 Å². The Morgan fingerprint density at radius 3 is 2.36 bits per heavy atom. The molecule has 0 bridgehead atoms. The molecule has 3 amide bonds. The Bertz CT molecular complexity index is 1700. The number of rotatable bonds is 9. The van der Waals surface area contributed by atoms with Crippen LogP contribution in [-0.2, 0) is 9.59 Å². The second-order valence-electron chi connectivity index (χ2n) is 13.7. The van der Waals surface area contributed by atoms with Crippen LogP contribution in [0.3, 0.4) is 0 Å². The maximum atomic E-state index is 15.5. The number of piperazine rings is 1. The molecule has 4 aliphatic heterocycles. The van der Waals surface area contributed by atoms with Crippen LogP contribution in [0.4, 0.5) is 33.3 Å². The molecule has 4 N–H and O–H groups in total. The van der Waals surface area contributed by atoms with Crippen LogP contribution in [0, 0.1) is 11.7 Å². The van der Waals surface area contributed by atoms with E-state index in [2.05, 4.69) is 45.5 Å². The molecule has 0 spiro atoms. The van der Waals surface area contributed by atoms with Gasteiger partial charge in [0.1, 0.15) is 11.6 Å². The number of nitrogens with two attached hydrogens (primary N) is 1. The van der Waals surface area contributed by atoms with Crippen LogP contribution >= 0.6 is 0 Å². The van der Waals surface area contributed by atoms with E-state index >= 15 is 4.39 Å². The molecule has 3 aromatic rings. The summed E-state index contributed by atoms with van der Waals surface area (Å²) in [7, 11) is 0. The van der Waals surface area contributed by atoms with Crippen LogP contribution in [0.1, 0.15) is 66.9 Å². The van der Waals surface area contributed by atoms with Crippen molar-refractivity contribution in [2.45, 2.75) is 50.9 Å². The molecule has 14 nitrogen and oxygen atoms in total. The van der Waals surface area contributed by atoms with Crippen molar-refractivity contribution >= 4 is 46.7 Å². The summed E-state index contributed by atoms with van der Waals surface area (Å²) < 4.78 is 15.5. The summed E-state index contributed by atoms with van der Waals surface area (Å²) in [6.45, 7) is 7.84. The molecular formula is C35H44FN11O3. The molecule has 4 fully saturated rings. The Hall–Kier alpha value is -4.92. The lowest BCUT2D eigenvalue weighted by atomic mass is 9.92. The van der Waals surface area contributed by atoms with Crippen molar-refractivity contribution in [2.75, 3.05) is 78.9 Å². The monoisotopic (exact) mass is 685 g/mol. The van der Waals surface area contributed by atoms with Gasteiger partial charge in [-0.3, -0.25) is 24.6 Å². The molecule has 1 atom stereocenters. The van der Waals surface area contributed by atoms with Gasteiger partial charge in [-0.05, 0) is 74.3 Å². The van der Waals surface area contributed by atoms with Crippen molar-refractivity contribution < 1.29 is 18.8 Å². The number of primary amides is 1. The van der Waals surface area contributed by atoms with Gasteiger partial charge < -0.3 is 25.8 Å². The van der Waals surface area contributed by atoms with Crippen LogP contribution in [0.15, 0.2) is 36.5 Å². The number of carbonyl (C=O) groups is 3. The number of hydrogen-bond acceptors (Lipinski definition) is 12. The van der Waals surface area contributed by atoms with E-state index in [0.29, 0.717) is 36.1 Å². The van der Waals surface area contributed by atoms with Gasteiger partial charge in [0.2, 0.25) is 17.8 Å². The third-order valence-corrected chi connectivity index (χ3v) is 10.3. The second-order valence-corrected chi connectivity index (χ2v) is 13.7. The minimum atomic E-state index is -0.755. The van der Waals surface area contributed by atoms with Crippen molar-refractivity contribution in [3.05, 3.63) is 53.6 Å². The minimum Gasteiger partial charge on any atom is -0.369 e. The quantitative estimate of drug-likeness (QED) is 0.283. The fourth-order valence-corrected chi connectivity index (χ4v) is 7.46. The number of hydrogen-bond donors (Lipinski definition) is 3. The van der Waals surface area contributed by atoms with Crippen molar-refractivity contribution in [1.82, 2.24) is 30.4 Å². The fourth-order valence-electron chi connectivity index (χ4n) is 7.46. The first-order valence-corrected chi connectivity index (χ1v) is 17.7. The van der Waals surface area contributed by atoms with Crippen molar-refractivity contribution in [3.63, 3.8) is 0 Å². The molecule has 0 aliphatic carbocycles. The number of imide groups is 1. The number of aromatic nitrogens is 4. The zero-order valence-electron chi connectivity index (χ0n) is 28.2. The highest BCUT2D eigenvalue weighted by molar-refractivity contribution is 6.01. The Balaban J connectivity index is 0.888. The number of benzene rings is 1. The Morgan fingerprint density at radius 2 is 1.68 bits per heavy atom. The maximum absolute atomic E-state index is 15.5. The van der Waals surface area contributed by atoms with Crippen molar-refractivity contribution in [1.29, 1.82) is 0 Å². The fraction of sp³-hybridized carbons (Fsp3) is 0.514. The smallest absolute Gasteiger partial charge is 0.273 e. The molecule has 15 heteroatoms. The molecule has 4 saturated heterocycles. The first-order chi connectivity index (χ1) is 24.3. The van der Waals surface area contributed by atoms with E-state index in [1.807, 2.05) is 17.0 Å². The molecule has 0 saturated carbocycles. The molecule has 264 valence electrons. The van der Waals surface area contributed by atoms with E-state index in [1.54, 1.807) is 18.3 Å². The summed E-state index contributed by atoms with van der Waals surface area (Å²) in [5.41, 5.74) is 7.31. The number of nitrogens with one attached hydrogen (secondary N) is 2. The van der Waals surface area contributed by atoms with Gasteiger partial charge in [-0.2, -0.15) is 4.98 Å². The molecular weight excluding hydrogens is 641 g/mol. The topological polar surface area (TPSA) is 166 Å². The van der Waals surface area contributed by atoms with E-state index in [1.165, 1.54) is 6.07 Å². The molecule has 7 rings (SSSR count). The van der Waals surface area contributed by atoms with Gasteiger partial charge in [0.25, 0.3) is 5.91 Å². The number of amides is 3. The molecule has 2 aromatic heterocycles. The first kappa shape index (κ1) is 33.6. The zero-order valence-corrected chi connectivity index (χ0v) is 28.2. The standard InChI is InChI=1S/C35H44FN11O3/c36-27-20-25(39-33-31(32(37)49)42-43-35(41-33)47-12-2-1-3-13-47)5-7-28(27)45-14-10-23(11-15-45)22-44-16-18-46(19-17-44)29-8-4-24(21-38-29)26-6-9-30(48)40-34(26)50/h4-5,7-8,20-21,23,26H,1-3,6,9-19,22H2,(H2,37,49)(H,39,41,43)(H,40,48,50). The highest BCUT2D eigenvalue weighted by Gasteiger charge is 2.29. The lowest BCUT2D eigenvalue weighted by molar-refractivity contribution is -0.134. The average Bonchev–Trinajstić information content (AvgIpc) is 3.13. The molecule has 1 unspecified atom stereocenters. The van der Waals surface area contributed by atoms with E-state index in [0.717, 1.165) is 102 Å². The summed E-state index contributed by atoms with van der Waals surface area (Å²) in [6.07, 6.45) is 7.84. The molecule has 0 radical (unpaired) electrons. The second kappa shape index (κ2) is 14.9. The predicted molar refractivity (Wildman–Crippen MR) is 187 cm³/mol. The van der Waals surface area contributed by atoms with E-state index in [9.17, 15) is 14.4 Å². The SMILES string of the molecule is NC(=O)c1nnc(N2CCCCC2)nc1Nc1ccc(N2CCC(CN3CCN(c4ccc(C5CCC(=O)NC5=O)cn4)CC3)CC2)c(F)c1. The molecule has 50 heavy (non-hydrogen) atoms. The van der Waals surface area contributed by atoms with Gasteiger partial charge in [-0.1, -0.05) is 6.07 Å². The van der Waals surface area contributed by atoms with Crippen LogP contribution in [-0.4, -0.2) is 102 Å². The third-order valence-electron chi connectivity index (χ3n) is 10.3.